The fraction of sp³-hybridized carbons (Fsp3) is 1.00. The third kappa shape index (κ3) is 5.37. The number of nitrogens with one attached hydrogen (secondary N) is 1. The first kappa shape index (κ1) is 12.8. The molecule has 1 atom stereocenters. The van der Waals surface area contributed by atoms with Gasteiger partial charge in [-0.25, -0.2) is 0 Å². The van der Waals surface area contributed by atoms with Gasteiger partial charge < -0.3 is 5.32 Å². The number of halogens is 3. The smallest absolute Gasteiger partial charge is 0.313 e. The van der Waals surface area contributed by atoms with Crippen molar-refractivity contribution in [3.63, 3.8) is 0 Å². The summed E-state index contributed by atoms with van der Waals surface area (Å²) in [4.78, 5) is 1.50. The molecular weight excluding hydrogens is 205 g/mol. The number of hydrogen-bond acceptors (Lipinski definition) is 2. The van der Waals surface area contributed by atoms with Crippen molar-refractivity contribution in [3.05, 3.63) is 0 Å². The number of nitrogens with zero attached hydrogens (tertiary/aromatic N) is 1. The van der Waals surface area contributed by atoms with Gasteiger partial charge in [0.25, 0.3) is 0 Å². The lowest BCUT2D eigenvalue weighted by atomic mass is 10.2. The first-order chi connectivity index (χ1) is 7.01. The highest BCUT2D eigenvalue weighted by Crippen LogP contribution is 2.17. The monoisotopic (exact) mass is 224 g/mol. The van der Waals surface area contributed by atoms with Crippen molar-refractivity contribution in [2.75, 3.05) is 26.2 Å². The molecule has 1 fully saturated rings. The molecule has 1 heterocycles. The van der Waals surface area contributed by atoms with E-state index in [0.717, 1.165) is 25.8 Å². The summed E-state index contributed by atoms with van der Waals surface area (Å²) < 4.78 is 36.7. The van der Waals surface area contributed by atoms with Gasteiger partial charge in [-0.15, -0.1) is 0 Å². The van der Waals surface area contributed by atoms with Gasteiger partial charge in [-0.3, -0.25) is 4.90 Å². The Balaban J connectivity index is 2.35. The summed E-state index contributed by atoms with van der Waals surface area (Å²) in [5.41, 5.74) is 0. The first-order valence-corrected chi connectivity index (χ1v) is 5.54. The SMILES string of the molecule is CCCN(CC1CCCN1)CC(F)(F)F. The second-order valence-electron chi connectivity index (χ2n) is 4.14. The van der Waals surface area contributed by atoms with Crippen molar-refractivity contribution >= 4 is 0 Å². The van der Waals surface area contributed by atoms with E-state index in [1.54, 1.807) is 0 Å². The molecule has 0 saturated carbocycles. The Kier molecular flexibility index (Phi) is 4.86. The van der Waals surface area contributed by atoms with Crippen molar-refractivity contribution in [3.8, 4) is 0 Å². The summed E-state index contributed by atoms with van der Waals surface area (Å²) in [5.74, 6) is 0. The van der Waals surface area contributed by atoms with Gasteiger partial charge in [-0.05, 0) is 32.4 Å². The van der Waals surface area contributed by atoms with Crippen LogP contribution in [0.1, 0.15) is 26.2 Å². The van der Waals surface area contributed by atoms with Crippen LogP contribution in [0.15, 0.2) is 0 Å². The quantitative estimate of drug-likeness (QED) is 0.768. The molecule has 0 amide bonds. The van der Waals surface area contributed by atoms with Crippen LogP contribution < -0.4 is 5.32 Å². The molecule has 0 radical (unpaired) electrons. The fourth-order valence-electron chi connectivity index (χ4n) is 2.03. The van der Waals surface area contributed by atoms with E-state index in [4.69, 9.17) is 0 Å². The van der Waals surface area contributed by atoms with Crippen molar-refractivity contribution in [1.82, 2.24) is 10.2 Å². The van der Waals surface area contributed by atoms with Crippen molar-refractivity contribution < 1.29 is 13.2 Å². The standard InChI is InChI=1S/C10H19F3N2/c1-2-6-15(8-10(11,12)13)7-9-4-3-5-14-9/h9,14H,2-8H2,1H3. The molecule has 0 aromatic carbocycles. The molecule has 1 N–H and O–H groups in total. The lowest BCUT2D eigenvalue weighted by Gasteiger charge is -2.26. The lowest BCUT2D eigenvalue weighted by Crippen LogP contribution is -2.42. The zero-order chi connectivity index (χ0) is 11.3. The van der Waals surface area contributed by atoms with Gasteiger partial charge in [0.15, 0.2) is 0 Å². The molecule has 5 heteroatoms. The number of alkyl halides is 3. The predicted octanol–water partition coefficient (Wildman–Crippen LogP) is 2.01. The maximum absolute atomic E-state index is 12.2. The maximum Gasteiger partial charge on any atom is 0.401 e. The Morgan fingerprint density at radius 1 is 1.40 bits per heavy atom. The van der Waals surface area contributed by atoms with Gasteiger partial charge in [-0.1, -0.05) is 6.92 Å². The molecular formula is C10H19F3N2. The van der Waals surface area contributed by atoms with Crippen LogP contribution in [0.5, 0.6) is 0 Å². The summed E-state index contributed by atoms with van der Waals surface area (Å²) >= 11 is 0. The van der Waals surface area contributed by atoms with E-state index in [0.29, 0.717) is 13.1 Å². The minimum Gasteiger partial charge on any atom is -0.313 e. The molecule has 0 spiro atoms. The molecule has 0 aromatic rings. The van der Waals surface area contributed by atoms with Crippen LogP contribution in [0.2, 0.25) is 0 Å². The molecule has 1 rings (SSSR count). The third-order valence-electron chi connectivity index (χ3n) is 2.58. The highest BCUT2D eigenvalue weighted by Gasteiger charge is 2.31. The molecule has 1 unspecified atom stereocenters. The van der Waals surface area contributed by atoms with E-state index in [-0.39, 0.29) is 6.04 Å². The molecule has 1 aliphatic heterocycles. The molecule has 0 bridgehead atoms. The third-order valence-corrected chi connectivity index (χ3v) is 2.58. The Bertz CT molecular complexity index is 176. The molecule has 1 saturated heterocycles. The summed E-state index contributed by atoms with van der Waals surface area (Å²) in [7, 11) is 0. The number of hydrogen-bond donors (Lipinski definition) is 1. The van der Waals surface area contributed by atoms with Gasteiger partial charge >= 0.3 is 6.18 Å². The van der Waals surface area contributed by atoms with E-state index in [2.05, 4.69) is 5.32 Å². The average molecular weight is 224 g/mol. The van der Waals surface area contributed by atoms with Crippen LogP contribution in [0.25, 0.3) is 0 Å². The first-order valence-electron chi connectivity index (χ1n) is 5.54. The normalized spacial score (nSPS) is 22.6. The van der Waals surface area contributed by atoms with Crippen LogP contribution in [0.4, 0.5) is 13.2 Å². The zero-order valence-corrected chi connectivity index (χ0v) is 9.11. The molecule has 90 valence electrons. The zero-order valence-electron chi connectivity index (χ0n) is 9.11. The van der Waals surface area contributed by atoms with Gasteiger partial charge in [0, 0.05) is 12.6 Å². The van der Waals surface area contributed by atoms with E-state index in [1.165, 1.54) is 4.90 Å². The van der Waals surface area contributed by atoms with Gasteiger partial charge in [0.2, 0.25) is 0 Å². The summed E-state index contributed by atoms with van der Waals surface area (Å²) in [5, 5.41) is 3.22. The van der Waals surface area contributed by atoms with Crippen LogP contribution in [-0.4, -0.2) is 43.3 Å². The Morgan fingerprint density at radius 3 is 2.60 bits per heavy atom. The Labute approximate surface area is 88.8 Å². The minimum atomic E-state index is -4.08. The van der Waals surface area contributed by atoms with E-state index < -0.39 is 12.7 Å². The van der Waals surface area contributed by atoms with E-state index in [9.17, 15) is 13.2 Å². The minimum absolute atomic E-state index is 0.249. The van der Waals surface area contributed by atoms with Crippen molar-refractivity contribution in [2.45, 2.75) is 38.4 Å². The molecule has 0 aromatic heterocycles. The van der Waals surface area contributed by atoms with E-state index >= 15 is 0 Å². The highest BCUT2D eigenvalue weighted by atomic mass is 19.4. The molecule has 15 heavy (non-hydrogen) atoms. The van der Waals surface area contributed by atoms with Crippen molar-refractivity contribution in [2.24, 2.45) is 0 Å². The highest BCUT2D eigenvalue weighted by molar-refractivity contribution is 4.78. The summed E-state index contributed by atoms with van der Waals surface area (Å²) in [6, 6.07) is 0.249. The molecule has 1 aliphatic rings. The second kappa shape index (κ2) is 5.70. The largest absolute Gasteiger partial charge is 0.401 e. The fourth-order valence-corrected chi connectivity index (χ4v) is 2.03. The Hall–Kier alpha value is -0.290. The van der Waals surface area contributed by atoms with Crippen molar-refractivity contribution in [1.29, 1.82) is 0 Å². The van der Waals surface area contributed by atoms with Gasteiger partial charge in [0.1, 0.15) is 0 Å². The lowest BCUT2D eigenvalue weighted by molar-refractivity contribution is -0.146. The predicted molar refractivity (Wildman–Crippen MR) is 53.8 cm³/mol. The van der Waals surface area contributed by atoms with Crippen LogP contribution in [0.3, 0.4) is 0 Å². The average Bonchev–Trinajstić information content (AvgIpc) is 2.54. The van der Waals surface area contributed by atoms with Gasteiger partial charge in [-0.2, -0.15) is 13.2 Å². The Morgan fingerprint density at radius 2 is 2.13 bits per heavy atom. The van der Waals surface area contributed by atoms with E-state index in [1.807, 2.05) is 6.92 Å². The summed E-state index contributed by atoms with van der Waals surface area (Å²) in [6.07, 6.45) is -1.23. The second-order valence-corrected chi connectivity index (χ2v) is 4.14. The van der Waals surface area contributed by atoms with Crippen LogP contribution >= 0.6 is 0 Å². The summed E-state index contributed by atoms with van der Waals surface area (Å²) in [6.45, 7) is 3.12. The van der Waals surface area contributed by atoms with Gasteiger partial charge in [0.05, 0.1) is 6.54 Å². The molecule has 0 aliphatic carbocycles. The van der Waals surface area contributed by atoms with Crippen LogP contribution in [-0.2, 0) is 0 Å². The topological polar surface area (TPSA) is 15.3 Å². The van der Waals surface area contributed by atoms with Crippen LogP contribution in [0, 0.1) is 0 Å². The molecule has 2 nitrogen and oxygen atoms in total. The maximum atomic E-state index is 12.2. The number of rotatable bonds is 5.